The van der Waals surface area contributed by atoms with Crippen LogP contribution in [0.2, 0.25) is 4.34 Å². The zero-order valence-corrected chi connectivity index (χ0v) is 19.0. The maximum atomic E-state index is 11.8. The third-order valence-corrected chi connectivity index (χ3v) is 6.20. The first-order valence-electron chi connectivity index (χ1n) is 10.0. The molecule has 0 unspecified atom stereocenters. The number of aryl methyl sites for hydroxylation is 1. The van der Waals surface area contributed by atoms with Crippen molar-refractivity contribution >= 4 is 45.5 Å². The van der Waals surface area contributed by atoms with Crippen molar-refractivity contribution in [1.82, 2.24) is 25.2 Å². The van der Waals surface area contributed by atoms with Crippen molar-refractivity contribution in [3.8, 4) is 0 Å². The largest absolute Gasteiger partial charge is 0.368 e. The van der Waals surface area contributed by atoms with Crippen LogP contribution in [0.25, 0.3) is 0 Å². The Bertz CT molecular complexity index is 1070. The molecule has 0 atom stereocenters. The molecule has 3 aromatic rings. The summed E-state index contributed by atoms with van der Waals surface area (Å²) in [6, 6.07) is 7.87. The zero-order valence-electron chi connectivity index (χ0n) is 17.4. The van der Waals surface area contributed by atoms with Crippen LogP contribution < -0.4 is 15.5 Å². The molecule has 0 saturated carbocycles. The highest BCUT2D eigenvalue weighted by atomic mass is 35.5. The molecule has 1 aliphatic rings. The minimum absolute atomic E-state index is 0.163. The zero-order chi connectivity index (χ0) is 21.8. The Morgan fingerprint density at radius 3 is 2.68 bits per heavy atom. The molecule has 0 spiro atoms. The molecule has 1 aliphatic heterocycles. The summed E-state index contributed by atoms with van der Waals surface area (Å²) < 4.78 is 0.644. The molecule has 0 radical (unpaired) electrons. The molecule has 2 N–H and O–H groups in total. The number of pyridine rings is 2. The highest BCUT2D eigenvalue weighted by Gasteiger charge is 2.20. The average molecular weight is 458 g/mol. The summed E-state index contributed by atoms with van der Waals surface area (Å²) in [5, 5.41) is 6.55. The summed E-state index contributed by atoms with van der Waals surface area (Å²) in [6.07, 6.45) is 3.44. The fourth-order valence-corrected chi connectivity index (χ4v) is 4.43. The minimum Gasteiger partial charge on any atom is -0.368 e. The standard InChI is InChI=1S/C21H24ClN7OS/c1-14-17(4-3-16(26-14)20(30)23-2)29-9-7-28(8-10-29)13-15-5-6-24-19(11-15)27-21-25-12-18(22)31-21/h3-6,11-12H,7-10,13H2,1-2H3,(H,23,30)(H,24,25,27). The summed E-state index contributed by atoms with van der Waals surface area (Å²) >= 11 is 7.33. The van der Waals surface area contributed by atoms with Crippen molar-refractivity contribution < 1.29 is 4.79 Å². The number of anilines is 3. The van der Waals surface area contributed by atoms with Crippen molar-refractivity contribution in [3.63, 3.8) is 0 Å². The molecule has 10 heteroatoms. The molecule has 3 aromatic heterocycles. The first kappa shape index (κ1) is 21.5. The van der Waals surface area contributed by atoms with E-state index in [2.05, 4.69) is 35.4 Å². The third kappa shape index (κ3) is 5.30. The fourth-order valence-electron chi connectivity index (χ4n) is 3.61. The van der Waals surface area contributed by atoms with Crippen LogP contribution in [-0.4, -0.2) is 59.0 Å². The van der Waals surface area contributed by atoms with Gasteiger partial charge in [0.2, 0.25) is 0 Å². The van der Waals surface area contributed by atoms with Gasteiger partial charge < -0.3 is 15.5 Å². The number of amides is 1. The number of nitrogens with one attached hydrogen (secondary N) is 2. The molecule has 1 fully saturated rings. The molecule has 0 bridgehead atoms. The minimum atomic E-state index is -0.163. The van der Waals surface area contributed by atoms with E-state index in [9.17, 15) is 4.79 Å². The number of carbonyl (C=O) groups excluding carboxylic acids is 1. The number of hydrogen-bond acceptors (Lipinski definition) is 8. The van der Waals surface area contributed by atoms with Crippen LogP contribution in [0.1, 0.15) is 21.7 Å². The second kappa shape index (κ2) is 9.59. The Hall–Kier alpha value is -2.75. The molecule has 4 heterocycles. The number of rotatable bonds is 6. The predicted octanol–water partition coefficient (Wildman–Crippen LogP) is 3.32. The molecule has 31 heavy (non-hydrogen) atoms. The first-order valence-corrected chi connectivity index (χ1v) is 11.2. The number of halogens is 1. The van der Waals surface area contributed by atoms with Gasteiger partial charge in [0.15, 0.2) is 5.13 Å². The summed E-state index contributed by atoms with van der Waals surface area (Å²) in [7, 11) is 1.61. The second-order valence-electron chi connectivity index (χ2n) is 7.29. The van der Waals surface area contributed by atoms with E-state index in [1.807, 2.05) is 31.3 Å². The molecule has 0 aliphatic carbocycles. The van der Waals surface area contributed by atoms with Crippen molar-refractivity contribution in [1.29, 1.82) is 0 Å². The van der Waals surface area contributed by atoms with E-state index >= 15 is 0 Å². The number of nitrogens with zero attached hydrogens (tertiary/aromatic N) is 5. The Morgan fingerprint density at radius 2 is 2.00 bits per heavy atom. The van der Waals surface area contributed by atoms with Crippen LogP contribution in [0.5, 0.6) is 0 Å². The highest BCUT2D eigenvalue weighted by Crippen LogP contribution is 2.26. The topological polar surface area (TPSA) is 86.3 Å². The van der Waals surface area contributed by atoms with Crippen molar-refractivity contribution in [3.05, 3.63) is 57.9 Å². The van der Waals surface area contributed by atoms with E-state index in [0.29, 0.717) is 10.0 Å². The third-order valence-electron chi connectivity index (χ3n) is 5.17. The number of hydrogen-bond donors (Lipinski definition) is 2. The van der Waals surface area contributed by atoms with Crippen molar-refractivity contribution in [2.75, 3.05) is 43.4 Å². The molecule has 1 saturated heterocycles. The van der Waals surface area contributed by atoms with Gasteiger partial charge in [-0.2, -0.15) is 0 Å². The molecule has 8 nitrogen and oxygen atoms in total. The summed E-state index contributed by atoms with van der Waals surface area (Å²) in [5.74, 6) is 0.601. The lowest BCUT2D eigenvalue weighted by atomic mass is 10.2. The highest BCUT2D eigenvalue weighted by molar-refractivity contribution is 7.19. The van der Waals surface area contributed by atoms with E-state index < -0.39 is 0 Å². The number of carbonyl (C=O) groups is 1. The Labute approximate surface area is 190 Å². The second-order valence-corrected chi connectivity index (χ2v) is 8.95. The van der Waals surface area contributed by atoms with E-state index in [1.165, 1.54) is 16.9 Å². The van der Waals surface area contributed by atoms with Crippen molar-refractivity contribution in [2.45, 2.75) is 13.5 Å². The Balaban J connectivity index is 1.34. The quantitative estimate of drug-likeness (QED) is 0.587. The van der Waals surface area contributed by atoms with E-state index in [4.69, 9.17) is 11.6 Å². The number of piperazine rings is 1. The van der Waals surface area contributed by atoms with Crippen LogP contribution in [0, 0.1) is 6.92 Å². The first-order chi connectivity index (χ1) is 15.0. The molecule has 0 aromatic carbocycles. The van der Waals surface area contributed by atoms with Crippen LogP contribution in [0.15, 0.2) is 36.7 Å². The molecule has 4 rings (SSSR count). The van der Waals surface area contributed by atoms with Gasteiger partial charge in [-0.25, -0.2) is 15.0 Å². The summed E-state index contributed by atoms with van der Waals surface area (Å²) in [6.45, 7) is 6.53. The Morgan fingerprint density at radius 1 is 1.19 bits per heavy atom. The normalized spacial score (nSPS) is 14.5. The van der Waals surface area contributed by atoms with Gasteiger partial charge in [0.05, 0.1) is 17.6 Å². The van der Waals surface area contributed by atoms with Gasteiger partial charge in [-0.15, -0.1) is 0 Å². The SMILES string of the molecule is CNC(=O)c1ccc(N2CCN(Cc3ccnc(Nc4ncc(Cl)s4)c3)CC2)c(C)n1. The molecule has 162 valence electrons. The van der Waals surface area contributed by atoms with Gasteiger partial charge in [0, 0.05) is 46.0 Å². The monoisotopic (exact) mass is 457 g/mol. The molecular weight excluding hydrogens is 434 g/mol. The lowest BCUT2D eigenvalue weighted by Gasteiger charge is -2.36. The summed E-state index contributed by atoms with van der Waals surface area (Å²) in [4.78, 5) is 29.6. The number of thiazole rings is 1. The van der Waals surface area contributed by atoms with Crippen LogP contribution in [-0.2, 0) is 6.54 Å². The van der Waals surface area contributed by atoms with Crippen molar-refractivity contribution in [2.24, 2.45) is 0 Å². The van der Waals surface area contributed by atoms with Gasteiger partial charge >= 0.3 is 0 Å². The van der Waals surface area contributed by atoms with Gasteiger partial charge in [0.25, 0.3) is 5.91 Å². The predicted molar refractivity (Wildman–Crippen MR) is 124 cm³/mol. The van der Waals surface area contributed by atoms with E-state index in [-0.39, 0.29) is 5.91 Å². The number of aromatic nitrogens is 3. The maximum absolute atomic E-state index is 11.8. The molecule has 1 amide bonds. The van der Waals surface area contributed by atoms with Crippen LogP contribution in [0.3, 0.4) is 0 Å². The van der Waals surface area contributed by atoms with Crippen LogP contribution >= 0.6 is 22.9 Å². The lowest BCUT2D eigenvalue weighted by molar-refractivity contribution is 0.0958. The van der Waals surface area contributed by atoms with Gasteiger partial charge in [-0.1, -0.05) is 22.9 Å². The van der Waals surface area contributed by atoms with Gasteiger partial charge in [-0.3, -0.25) is 9.69 Å². The van der Waals surface area contributed by atoms with Crippen LogP contribution in [0.4, 0.5) is 16.6 Å². The van der Waals surface area contributed by atoms with Gasteiger partial charge in [0.1, 0.15) is 15.8 Å². The Kier molecular flexibility index (Phi) is 6.64. The van der Waals surface area contributed by atoms with E-state index in [1.54, 1.807) is 19.3 Å². The molecular formula is C21H24ClN7OS. The fraction of sp³-hybridized carbons (Fsp3) is 0.333. The summed E-state index contributed by atoms with van der Waals surface area (Å²) in [5.41, 5.74) is 3.61. The smallest absolute Gasteiger partial charge is 0.269 e. The van der Waals surface area contributed by atoms with E-state index in [0.717, 1.165) is 55.1 Å². The van der Waals surface area contributed by atoms with Gasteiger partial charge in [-0.05, 0) is 36.8 Å². The lowest BCUT2D eigenvalue weighted by Crippen LogP contribution is -2.46. The average Bonchev–Trinajstić information content (AvgIpc) is 3.18. The maximum Gasteiger partial charge on any atom is 0.269 e.